The van der Waals surface area contributed by atoms with E-state index in [1.807, 2.05) is 0 Å². The van der Waals surface area contributed by atoms with E-state index >= 15 is 0 Å². The van der Waals surface area contributed by atoms with Gasteiger partial charge in [0.1, 0.15) is 17.5 Å². The highest BCUT2D eigenvalue weighted by atomic mass is 19.1. The Balaban J connectivity index is 2.53. The molecule has 5 nitrogen and oxygen atoms in total. The summed E-state index contributed by atoms with van der Waals surface area (Å²) in [5, 5.41) is 2.32. The summed E-state index contributed by atoms with van der Waals surface area (Å²) in [5.41, 5.74) is 0.254. The minimum Gasteiger partial charge on any atom is -0.467 e. The van der Waals surface area contributed by atoms with Crippen LogP contribution >= 0.6 is 0 Å². The molecule has 0 aliphatic rings. The number of amides is 1. The molecule has 19 heavy (non-hydrogen) atoms. The molecule has 2 aromatic rings. The lowest BCUT2D eigenvalue weighted by atomic mass is 10.1. The smallest absolute Gasteiger partial charge is 0.318 e. The minimum atomic E-state index is -0.766. The van der Waals surface area contributed by atoms with E-state index in [0.717, 1.165) is 12.1 Å². The van der Waals surface area contributed by atoms with Crippen LogP contribution in [0.3, 0.4) is 0 Å². The van der Waals surface area contributed by atoms with Crippen LogP contribution in [-0.4, -0.2) is 23.5 Å². The van der Waals surface area contributed by atoms with Crippen LogP contribution in [0.15, 0.2) is 24.3 Å². The van der Waals surface area contributed by atoms with Gasteiger partial charge >= 0.3 is 6.01 Å². The Morgan fingerprint density at radius 2 is 2.05 bits per heavy atom. The second kappa shape index (κ2) is 5.38. The number of carbonyl (C=O) groups is 1. The largest absolute Gasteiger partial charge is 0.467 e. The lowest BCUT2D eigenvalue weighted by molar-refractivity contribution is -0.105. The topological polar surface area (TPSA) is 64.1 Å². The third kappa shape index (κ3) is 2.82. The number of hydrogen-bond acceptors (Lipinski definition) is 4. The molecular formula is C12H9F2N3O2. The van der Waals surface area contributed by atoms with Crippen LogP contribution in [0.5, 0.6) is 6.01 Å². The van der Waals surface area contributed by atoms with Gasteiger partial charge in [-0.15, -0.1) is 0 Å². The molecule has 0 aliphatic carbocycles. The molecule has 1 heterocycles. The maximum atomic E-state index is 13.7. The Morgan fingerprint density at radius 3 is 2.68 bits per heavy atom. The first kappa shape index (κ1) is 12.9. The number of ether oxygens (including phenoxy) is 1. The van der Waals surface area contributed by atoms with Crippen LogP contribution in [0.25, 0.3) is 11.3 Å². The average Bonchev–Trinajstić information content (AvgIpc) is 2.38. The van der Waals surface area contributed by atoms with Crippen LogP contribution in [-0.2, 0) is 4.79 Å². The first-order valence-electron chi connectivity index (χ1n) is 5.22. The predicted octanol–water partition coefficient (Wildman–Crippen LogP) is 2.00. The van der Waals surface area contributed by atoms with E-state index in [1.54, 1.807) is 0 Å². The van der Waals surface area contributed by atoms with Gasteiger partial charge in [0.2, 0.25) is 6.41 Å². The summed E-state index contributed by atoms with van der Waals surface area (Å²) in [7, 11) is 1.34. The van der Waals surface area contributed by atoms with Crippen LogP contribution in [0.4, 0.5) is 14.6 Å². The first-order chi connectivity index (χ1) is 9.13. The van der Waals surface area contributed by atoms with Crippen molar-refractivity contribution in [3.63, 3.8) is 0 Å². The third-order valence-electron chi connectivity index (χ3n) is 2.30. The number of halogens is 2. The summed E-state index contributed by atoms with van der Waals surface area (Å²) in [5.74, 6) is -1.30. The molecule has 1 amide bonds. The van der Waals surface area contributed by atoms with Crippen LogP contribution in [0, 0.1) is 11.6 Å². The first-order valence-corrected chi connectivity index (χ1v) is 5.22. The van der Waals surface area contributed by atoms with Crippen molar-refractivity contribution < 1.29 is 18.3 Å². The van der Waals surface area contributed by atoms with Gasteiger partial charge in [0, 0.05) is 17.7 Å². The van der Waals surface area contributed by atoms with Crippen LogP contribution in [0.2, 0.25) is 0 Å². The molecule has 0 bridgehead atoms. The van der Waals surface area contributed by atoms with Gasteiger partial charge in [-0.2, -0.15) is 9.97 Å². The van der Waals surface area contributed by atoms with Crippen molar-refractivity contribution >= 4 is 12.2 Å². The Hall–Kier alpha value is -2.57. The number of methoxy groups -OCH3 is 1. The fraction of sp³-hybridized carbons (Fsp3) is 0.0833. The fourth-order valence-corrected chi connectivity index (χ4v) is 1.49. The second-order valence-electron chi connectivity index (χ2n) is 3.51. The van der Waals surface area contributed by atoms with Gasteiger partial charge in [0.25, 0.3) is 0 Å². The van der Waals surface area contributed by atoms with Gasteiger partial charge in [0.15, 0.2) is 0 Å². The summed E-state index contributed by atoms with van der Waals surface area (Å²) in [6.45, 7) is 0. The zero-order valence-electron chi connectivity index (χ0n) is 9.85. The molecule has 0 atom stereocenters. The number of rotatable bonds is 4. The number of carbonyl (C=O) groups excluding carboxylic acids is 1. The molecule has 0 aliphatic heterocycles. The van der Waals surface area contributed by atoms with Crippen molar-refractivity contribution in [2.75, 3.05) is 12.4 Å². The molecule has 1 aromatic heterocycles. The SMILES string of the molecule is COc1nc(NC=O)cc(-c2ccc(F)cc2F)n1. The molecule has 0 spiro atoms. The van der Waals surface area contributed by atoms with E-state index in [2.05, 4.69) is 15.3 Å². The number of aromatic nitrogens is 2. The van der Waals surface area contributed by atoms with Crippen molar-refractivity contribution in [3.8, 4) is 17.3 Å². The maximum Gasteiger partial charge on any atom is 0.318 e. The molecule has 2 rings (SSSR count). The molecule has 7 heteroatoms. The van der Waals surface area contributed by atoms with Gasteiger partial charge in [0.05, 0.1) is 12.8 Å². The Morgan fingerprint density at radius 1 is 1.26 bits per heavy atom. The number of nitrogens with zero attached hydrogens (tertiary/aromatic N) is 2. The lowest BCUT2D eigenvalue weighted by Gasteiger charge is -2.07. The molecular weight excluding hydrogens is 256 g/mol. The fourth-order valence-electron chi connectivity index (χ4n) is 1.49. The average molecular weight is 265 g/mol. The zero-order chi connectivity index (χ0) is 13.8. The van der Waals surface area contributed by atoms with Crippen LogP contribution < -0.4 is 10.1 Å². The molecule has 0 unspecified atom stereocenters. The van der Waals surface area contributed by atoms with Gasteiger partial charge in [-0.1, -0.05) is 0 Å². The van der Waals surface area contributed by atoms with Gasteiger partial charge in [-0.3, -0.25) is 4.79 Å². The van der Waals surface area contributed by atoms with Crippen LogP contribution in [0.1, 0.15) is 0 Å². The van der Waals surface area contributed by atoms with Gasteiger partial charge in [-0.05, 0) is 12.1 Å². The van der Waals surface area contributed by atoms with Gasteiger partial charge < -0.3 is 10.1 Å². The number of anilines is 1. The second-order valence-corrected chi connectivity index (χ2v) is 3.51. The van der Waals surface area contributed by atoms with Crippen molar-refractivity contribution in [2.24, 2.45) is 0 Å². The molecule has 98 valence electrons. The lowest BCUT2D eigenvalue weighted by Crippen LogP contribution is -2.02. The number of benzene rings is 1. The molecule has 0 radical (unpaired) electrons. The summed E-state index contributed by atoms with van der Waals surface area (Å²) in [6, 6.07) is 4.42. The highest BCUT2D eigenvalue weighted by Crippen LogP contribution is 2.25. The number of hydrogen-bond donors (Lipinski definition) is 1. The van der Waals surface area contributed by atoms with Crippen molar-refractivity contribution in [2.45, 2.75) is 0 Å². The van der Waals surface area contributed by atoms with Crippen molar-refractivity contribution in [1.82, 2.24) is 9.97 Å². The van der Waals surface area contributed by atoms with E-state index in [4.69, 9.17) is 4.74 Å². The quantitative estimate of drug-likeness (QED) is 0.859. The van der Waals surface area contributed by atoms with E-state index in [-0.39, 0.29) is 23.1 Å². The Labute approximate surface area is 107 Å². The molecule has 1 N–H and O–H groups in total. The predicted molar refractivity (Wildman–Crippen MR) is 63.6 cm³/mol. The summed E-state index contributed by atoms with van der Waals surface area (Å²) >= 11 is 0. The highest BCUT2D eigenvalue weighted by molar-refractivity contribution is 5.72. The van der Waals surface area contributed by atoms with E-state index < -0.39 is 11.6 Å². The summed E-state index contributed by atoms with van der Waals surface area (Å²) in [4.78, 5) is 18.2. The minimum absolute atomic E-state index is 0.0365. The van der Waals surface area contributed by atoms with Gasteiger partial charge in [-0.25, -0.2) is 8.78 Å². The maximum absolute atomic E-state index is 13.7. The van der Waals surface area contributed by atoms with E-state index in [9.17, 15) is 13.6 Å². The Bertz CT molecular complexity index is 620. The number of nitrogens with one attached hydrogen (secondary N) is 1. The monoisotopic (exact) mass is 265 g/mol. The van der Waals surface area contributed by atoms with Crippen molar-refractivity contribution in [1.29, 1.82) is 0 Å². The molecule has 0 saturated carbocycles. The van der Waals surface area contributed by atoms with Crippen molar-refractivity contribution in [3.05, 3.63) is 35.9 Å². The third-order valence-corrected chi connectivity index (χ3v) is 2.30. The zero-order valence-corrected chi connectivity index (χ0v) is 9.85. The molecule has 0 saturated heterocycles. The standard InChI is InChI=1S/C12H9F2N3O2/c1-19-12-16-10(5-11(17-12)15-6-18)8-3-2-7(13)4-9(8)14/h2-6H,1H3,(H,15,16,17,18). The highest BCUT2D eigenvalue weighted by Gasteiger charge is 2.11. The molecule has 0 fully saturated rings. The summed E-state index contributed by atoms with van der Waals surface area (Å²) in [6.07, 6.45) is 0.423. The summed E-state index contributed by atoms with van der Waals surface area (Å²) < 4.78 is 31.4. The van der Waals surface area contributed by atoms with E-state index in [0.29, 0.717) is 6.41 Å². The Kier molecular flexibility index (Phi) is 3.65. The normalized spacial score (nSPS) is 10.1. The molecule has 1 aromatic carbocycles. The van der Waals surface area contributed by atoms with E-state index in [1.165, 1.54) is 19.2 Å².